The van der Waals surface area contributed by atoms with Crippen LogP contribution in [-0.2, 0) is 16.1 Å². The van der Waals surface area contributed by atoms with E-state index in [-0.39, 0.29) is 5.82 Å². The summed E-state index contributed by atoms with van der Waals surface area (Å²) in [5, 5.41) is 6.12. The van der Waals surface area contributed by atoms with Crippen LogP contribution in [0.5, 0.6) is 5.75 Å². The second kappa shape index (κ2) is 10.3. The van der Waals surface area contributed by atoms with Crippen molar-refractivity contribution < 1.29 is 23.5 Å². The average molecular weight is 481 g/mol. The molecule has 0 aliphatic heterocycles. The van der Waals surface area contributed by atoms with Crippen LogP contribution in [0.25, 0.3) is 16.4 Å². The largest absolute Gasteiger partial charge is 0.496 e. The number of thiophene rings is 1. The summed E-state index contributed by atoms with van der Waals surface area (Å²) in [6.07, 6.45) is 0. The molecule has 2 heterocycles. The molecule has 8 nitrogen and oxygen atoms in total. The third-order valence-corrected chi connectivity index (χ3v) is 5.82. The van der Waals surface area contributed by atoms with Crippen molar-refractivity contribution in [2.75, 3.05) is 20.8 Å². The highest BCUT2D eigenvalue weighted by Gasteiger charge is 2.22. The minimum absolute atomic E-state index is 0.201. The Morgan fingerprint density at radius 3 is 2.56 bits per heavy atom. The number of ether oxygens (including phenoxy) is 2. The van der Waals surface area contributed by atoms with Gasteiger partial charge in [-0.3, -0.25) is 4.79 Å². The van der Waals surface area contributed by atoms with Crippen molar-refractivity contribution in [2.24, 2.45) is 0 Å². The lowest BCUT2D eigenvalue weighted by molar-refractivity contribution is -0.133. The van der Waals surface area contributed by atoms with Gasteiger partial charge in [-0.1, -0.05) is 24.3 Å². The molecule has 34 heavy (non-hydrogen) atoms. The molecule has 0 radical (unpaired) electrons. The first kappa shape index (κ1) is 23.1. The molecule has 0 saturated heterocycles. The monoisotopic (exact) mass is 480 g/mol. The Kier molecular flexibility index (Phi) is 6.98. The molecule has 4 aromatic rings. The normalized spacial score (nSPS) is 10.7. The Balaban J connectivity index is 1.47. The molecule has 174 valence electrons. The van der Waals surface area contributed by atoms with Crippen LogP contribution in [0.15, 0.2) is 66.0 Å². The summed E-state index contributed by atoms with van der Waals surface area (Å²) in [5.41, 5.74) is 1.36. The fourth-order valence-corrected chi connectivity index (χ4v) is 3.90. The third-order valence-electron chi connectivity index (χ3n) is 4.96. The summed E-state index contributed by atoms with van der Waals surface area (Å²) >= 11 is 1.42. The fourth-order valence-electron chi connectivity index (χ4n) is 3.21. The number of esters is 1. The molecule has 0 saturated carbocycles. The standard InChI is InChI=1S/C24H21FN4O4S/c1-28(14-16-6-3-4-7-19(16)32-2)21(30)15-33-24(31)22-26-23(20-8-5-13-34-20)29(27-22)18-11-9-17(25)10-12-18/h3-13H,14-15H2,1-2H3. The number of nitrogens with zero attached hydrogens (tertiary/aromatic N) is 4. The van der Waals surface area contributed by atoms with Crippen LogP contribution < -0.4 is 4.74 Å². The summed E-state index contributed by atoms with van der Waals surface area (Å²) in [6, 6.07) is 16.7. The van der Waals surface area contributed by atoms with Crippen LogP contribution in [-0.4, -0.2) is 52.3 Å². The number of carbonyl (C=O) groups is 2. The molecule has 0 unspecified atom stereocenters. The third kappa shape index (κ3) is 5.12. The summed E-state index contributed by atoms with van der Waals surface area (Å²) < 4.78 is 25.3. The van der Waals surface area contributed by atoms with Gasteiger partial charge in [0.25, 0.3) is 11.7 Å². The second-order valence-electron chi connectivity index (χ2n) is 7.26. The number of amides is 1. The number of para-hydroxylation sites is 1. The minimum atomic E-state index is -0.835. The number of hydrogen-bond acceptors (Lipinski definition) is 7. The van der Waals surface area contributed by atoms with Crippen molar-refractivity contribution in [1.82, 2.24) is 19.7 Å². The predicted octanol–water partition coefficient (Wildman–Crippen LogP) is 3.96. The van der Waals surface area contributed by atoms with E-state index in [1.807, 2.05) is 41.8 Å². The highest BCUT2D eigenvalue weighted by Crippen LogP contribution is 2.26. The Bertz CT molecular complexity index is 1290. The molecule has 4 rings (SSSR count). The maximum Gasteiger partial charge on any atom is 0.378 e. The number of halogens is 1. The molecule has 0 atom stereocenters. The summed E-state index contributed by atoms with van der Waals surface area (Å²) in [6.45, 7) is -0.176. The maximum absolute atomic E-state index is 13.4. The van der Waals surface area contributed by atoms with Crippen LogP contribution in [0.3, 0.4) is 0 Å². The number of aromatic nitrogens is 3. The van der Waals surface area contributed by atoms with E-state index in [1.54, 1.807) is 14.2 Å². The highest BCUT2D eigenvalue weighted by molar-refractivity contribution is 7.13. The number of carbonyl (C=O) groups excluding carboxylic acids is 2. The van der Waals surface area contributed by atoms with Gasteiger partial charge >= 0.3 is 5.97 Å². The lowest BCUT2D eigenvalue weighted by Crippen LogP contribution is -2.31. The zero-order chi connectivity index (χ0) is 24.1. The van der Waals surface area contributed by atoms with E-state index in [4.69, 9.17) is 9.47 Å². The maximum atomic E-state index is 13.4. The molecular formula is C24H21FN4O4S. The van der Waals surface area contributed by atoms with Gasteiger partial charge in [-0.2, -0.15) is 4.98 Å². The van der Waals surface area contributed by atoms with E-state index < -0.39 is 24.3 Å². The molecule has 0 spiro atoms. The van der Waals surface area contributed by atoms with Gasteiger partial charge in [-0.15, -0.1) is 16.4 Å². The van der Waals surface area contributed by atoms with Crippen LogP contribution in [0.2, 0.25) is 0 Å². The van der Waals surface area contributed by atoms with E-state index in [9.17, 15) is 14.0 Å². The van der Waals surface area contributed by atoms with Crippen LogP contribution in [0, 0.1) is 5.82 Å². The summed E-state index contributed by atoms with van der Waals surface area (Å²) in [7, 11) is 3.17. The number of hydrogen-bond donors (Lipinski definition) is 0. The number of likely N-dealkylation sites (N-methyl/N-ethyl adjacent to an activating group) is 1. The molecule has 10 heteroatoms. The molecule has 0 N–H and O–H groups in total. The van der Waals surface area contributed by atoms with Gasteiger partial charge in [0.2, 0.25) is 0 Å². The highest BCUT2D eigenvalue weighted by atomic mass is 32.1. The Morgan fingerprint density at radius 1 is 1.09 bits per heavy atom. The first-order valence-electron chi connectivity index (χ1n) is 10.3. The molecule has 0 aliphatic rings. The van der Waals surface area contributed by atoms with Crippen molar-refractivity contribution >= 4 is 23.2 Å². The molecule has 0 aliphatic carbocycles. The van der Waals surface area contributed by atoms with E-state index in [0.717, 1.165) is 10.4 Å². The van der Waals surface area contributed by atoms with Gasteiger partial charge in [-0.05, 0) is 41.8 Å². The van der Waals surface area contributed by atoms with E-state index in [1.165, 1.54) is 45.2 Å². The Labute approximate surface area is 199 Å². The van der Waals surface area contributed by atoms with Crippen molar-refractivity contribution in [1.29, 1.82) is 0 Å². The second-order valence-corrected chi connectivity index (χ2v) is 8.21. The Hall–Kier alpha value is -4.05. The van der Waals surface area contributed by atoms with Gasteiger partial charge in [0, 0.05) is 19.2 Å². The van der Waals surface area contributed by atoms with Gasteiger partial charge < -0.3 is 14.4 Å². The quantitative estimate of drug-likeness (QED) is 0.355. The molecule has 0 fully saturated rings. The zero-order valence-corrected chi connectivity index (χ0v) is 19.3. The zero-order valence-electron chi connectivity index (χ0n) is 18.5. The fraction of sp³-hybridized carbons (Fsp3) is 0.167. The van der Waals surface area contributed by atoms with Crippen LogP contribution >= 0.6 is 11.3 Å². The summed E-state index contributed by atoms with van der Waals surface area (Å²) in [4.78, 5) is 31.7. The van der Waals surface area contributed by atoms with Crippen molar-refractivity contribution in [2.45, 2.75) is 6.54 Å². The van der Waals surface area contributed by atoms with Gasteiger partial charge in [0.05, 0.1) is 17.7 Å². The van der Waals surface area contributed by atoms with Gasteiger partial charge in [-0.25, -0.2) is 13.9 Å². The van der Waals surface area contributed by atoms with Crippen molar-refractivity contribution in [3.63, 3.8) is 0 Å². The SMILES string of the molecule is COc1ccccc1CN(C)C(=O)COC(=O)c1nc(-c2cccs2)n(-c2ccc(F)cc2)n1. The van der Waals surface area contributed by atoms with Crippen molar-refractivity contribution in [3.8, 4) is 22.1 Å². The molecule has 2 aromatic heterocycles. The summed E-state index contributed by atoms with van der Waals surface area (Å²) in [5.74, 6) is -0.748. The van der Waals surface area contributed by atoms with Gasteiger partial charge in [0.1, 0.15) is 11.6 Å². The van der Waals surface area contributed by atoms with E-state index in [0.29, 0.717) is 23.8 Å². The van der Waals surface area contributed by atoms with Gasteiger partial charge in [0.15, 0.2) is 12.4 Å². The lowest BCUT2D eigenvalue weighted by Gasteiger charge is -2.18. The first-order chi connectivity index (χ1) is 16.5. The van der Waals surface area contributed by atoms with Crippen LogP contribution in [0.4, 0.5) is 4.39 Å². The van der Waals surface area contributed by atoms with Crippen LogP contribution in [0.1, 0.15) is 16.2 Å². The topological polar surface area (TPSA) is 86.5 Å². The molecule has 1 amide bonds. The number of methoxy groups -OCH3 is 1. The Morgan fingerprint density at radius 2 is 1.85 bits per heavy atom. The predicted molar refractivity (Wildman–Crippen MR) is 124 cm³/mol. The number of benzene rings is 2. The lowest BCUT2D eigenvalue weighted by atomic mass is 10.2. The molecular weight excluding hydrogens is 459 g/mol. The smallest absolute Gasteiger partial charge is 0.378 e. The molecule has 0 bridgehead atoms. The van der Waals surface area contributed by atoms with Crippen molar-refractivity contribution in [3.05, 3.63) is 83.2 Å². The number of rotatable bonds is 8. The minimum Gasteiger partial charge on any atom is -0.496 e. The first-order valence-corrected chi connectivity index (χ1v) is 11.1. The van der Waals surface area contributed by atoms with E-state index >= 15 is 0 Å². The van der Waals surface area contributed by atoms with E-state index in [2.05, 4.69) is 10.1 Å². The molecule has 2 aromatic carbocycles. The average Bonchev–Trinajstić information content (AvgIpc) is 3.53.